The van der Waals surface area contributed by atoms with E-state index in [1.807, 2.05) is 107 Å². The summed E-state index contributed by atoms with van der Waals surface area (Å²) in [6, 6.07) is 25.5. The van der Waals surface area contributed by atoms with Crippen LogP contribution in [-0.2, 0) is 0 Å². The van der Waals surface area contributed by atoms with Crippen molar-refractivity contribution in [1.82, 2.24) is 0 Å². The standard InChI is InChI=1S/5C9H7FO.5C2H6/c1-6-4-7-2-3-11-9(7)5-8(6)10;1-6-4-8(10)7-2-3-11-9(7)5-6;1-6-4-7-2-3-11-9(7)8(10)5-6;1-6-2-3-8-7(9(6)10)4-5-11-8;1-6-2-3-7-4-5-11-9(7)8(6)10;5*1-2/h5*2-5H,1H3;5*1-2H3. The van der Waals surface area contributed by atoms with Crippen molar-refractivity contribution in [1.29, 1.82) is 0 Å². The lowest BCUT2D eigenvalue weighted by molar-refractivity contribution is 0.556. The van der Waals surface area contributed by atoms with Crippen LogP contribution in [0.3, 0.4) is 0 Å². The molecular formula is C55H65F5O5. The van der Waals surface area contributed by atoms with Crippen LogP contribution in [0.5, 0.6) is 0 Å². The van der Waals surface area contributed by atoms with E-state index in [2.05, 4.69) is 0 Å². The molecule has 0 N–H and O–H groups in total. The Morgan fingerprint density at radius 3 is 1.45 bits per heavy atom. The van der Waals surface area contributed by atoms with Crippen LogP contribution < -0.4 is 0 Å². The van der Waals surface area contributed by atoms with E-state index in [4.69, 9.17) is 22.1 Å². The van der Waals surface area contributed by atoms with Crippen molar-refractivity contribution in [2.24, 2.45) is 0 Å². The minimum Gasteiger partial charge on any atom is -0.464 e. The number of halogens is 5. The van der Waals surface area contributed by atoms with Gasteiger partial charge >= 0.3 is 0 Å². The molecule has 0 aliphatic carbocycles. The molecule has 0 unspecified atom stereocenters. The molecule has 0 fully saturated rings. The molecule has 5 heterocycles. The number of aryl methyl sites for hydroxylation is 5. The molecule has 0 bridgehead atoms. The normalized spacial score (nSPS) is 9.54. The Bertz CT molecular complexity index is 2660. The van der Waals surface area contributed by atoms with Crippen LogP contribution in [0.2, 0.25) is 0 Å². The highest BCUT2D eigenvalue weighted by Gasteiger charge is 2.07. The summed E-state index contributed by atoms with van der Waals surface area (Å²) in [5, 5.41) is 3.69. The molecule has 350 valence electrons. The molecule has 10 aromatic rings. The highest BCUT2D eigenvalue weighted by molar-refractivity contribution is 5.81. The zero-order valence-electron chi connectivity index (χ0n) is 40.5. The van der Waals surface area contributed by atoms with E-state index in [-0.39, 0.29) is 29.1 Å². The first-order valence-corrected chi connectivity index (χ1v) is 22.0. The summed E-state index contributed by atoms with van der Waals surface area (Å²) in [6.45, 7) is 28.9. The van der Waals surface area contributed by atoms with Crippen LogP contribution in [0, 0.1) is 63.7 Å². The summed E-state index contributed by atoms with van der Waals surface area (Å²) in [5.41, 5.74) is 6.23. The number of hydrogen-bond donors (Lipinski definition) is 0. The lowest BCUT2D eigenvalue weighted by atomic mass is 10.2. The van der Waals surface area contributed by atoms with Crippen LogP contribution in [0.4, 0.5) is 22.0 Å². The molecule has 5 nitrogen and oxygen atoms in total. The average molecular weight is 901 g/mol. The SMILES string of the molecule is CC.CC.CC.CC.CC.Cc1cc(F)c2ccoc2c1.Cc1cc(F)c2occc2c1.Cc1cc2ccoc2cc1F.Cc1ccc2ccoc2c1F.Cc1ccc2occc2c1F. The van der Waals surface area contributed by atoms with Gasteiger partial charge in [-0.15, -0.1) is 0 Å². The zero-order chi connectivity index (χ0) is 49.2. The molecule has 65 heavy (non-hydrogen) atoms. The van der Waals surface area contributed by atoms with Crippen molar-refractivity contribution in [3.05, 3.63) is 179 Å². The first kappa shape index (κ1) is 56.5. The van der Waals surface area contributed by atoms with Crippen LogP contribution in [0.15, 0.2) is 144 Å². The van der Waals surface area contributed by atoms with E-state index < -0.39 is 0 Å². The van der Waals surface area contributed by atoms with Gasteiger partial charge in [0.25, 0.3) is 0 Å². The van der Waals surface area contributed by atoms with Crippen LogP contribution in [0.25, 0.3) is 54.8 Å². The minimum absolute atomic E-state index is 0.184. The van der Waals surface area contributed by atoms with Gasteiger partial charge in [-0.05, 0) is 129 Å². The van der Waals surface area contributed by atoms with E-state index >= 15 is 0 Å². The number of fused-ring (bicyclic) bond motifs is 5. The number of furan rings is 5. The largest absolute Gasteiger partial charge is 0.464 e. The Hall–Kier alpha value is -6.55. The maximum atomic E-state index is 13.2. The average Bonchev–Trinajstić information content (AvgIpc) is 4.20. The van der Waals surface area contributed by atoms with Gasteiger partial charge in [0.1, 0.15) is 34.2 Å². The predicted molar refractivity (Wildman–Crippen MR) is 261 cm³/mol. The first-order chi connectivity index (χ1) is 31.4. The highest BCUT2D eigenvalue weighted by Crippen LogP contribution is 2.24. The van der Waals surface area contributed by atoms with Crippen LogP contribution >= 0.6 is 0 Å². The summed E-state index contributed by atoms with van der Waals surface area (Å²) in [7, 11) is 0. The monoisotopic (exact) mass is 900 g/mol. The highest BCUT2D eigenvalue weighted by atomic mass is 19.1. The second-order valence-corrected chi connectivity index (χ2v) is 12.8. The summed E-state index contributed by atoms with van der Waals surface area (Å²) >= 11 is 0. The maximum absolute atomic E-state index is 13.2. The van der Waals surface area contributed by atoms with Gasteiger partial charge in [-0.1, -0.05) is 87.4 Å². The quantitative estimate of drug-likeness (QED) is 0.142. The van der Waals surface area contributed by atoms with Gasteiger partial charge in [0.05, 0.1) is 42.1 Å². The van der Waals surface area contributed by atoms with Crippen molar-refractivity contribution in [3.63, 3.8) is 0 Å². The van der Waals surface area contributed by atoms with Gasteiger partial charge in [0.15, 0.2) is 22.8 Å². The molecule has 10 rings (SSSR count). The van der Waals surface area contributed by atoms with Gasteiger partial charge in [0.2, 0.25) is 0 Å². The van der Waals surface area contributed by atoms with E-state index in [0.717, 1.165) is 27.3 Å². The number of benzene rings is 5. The van der Waals surface area contributed by atoms with Gasteiger partial charge in [0, 0.05) is 22.2 Å². The van der Waals surface area contributed by atoms with Crippen LogP contribution in [0.1, 0.15) is 97.1 Å². The molecular weight excluding hydrogens is 836 g/mol. The summed E-state index contributed by atoms with van der Waals surface area (Å²) in [5.74, 6) is -1.16. The second kappa shape index (κ2) is 29.7. The second-order valence-electron chi connectivity index (χ2n) is 12.8. The van der Waals surface area contributed by atoms with E-state index in [1.54, 1.807) is 75.6 Å². The Morgan fingerprint density at radius 2 is 0.785 bits per heavy atom. The van der Waals surface area contributed by atoms with Crippen molar-refractivity contribution < 1.29 is 44.0 Å². The van der Waals surface area contributed by atoms with Crippen molar-refractivity contribution in [2.45, 2.75) is 104 Å². The summed E-state index contributed by atoms with van der Waals surface area (Å²) < 4.78 is 90.1. The van der Waals surface area contributed by atoms with Crippen molar-refractivity contribution >= 4 is 54.8 Å². The lowest BCUT2D eigenvalue weighted by Crippen LogP contribution is -1.80. The molecule has 0 radical (unpaired) electrons. The van der Waals surface area contributed by atoms with Gasteiger partial charge in [-0.2, -0.15) is 0 Å². The molecule has 0 amide bonds. The fourth-order valence-electron chi connectivity index (χ4n) is 5.65. The van der Waals surface area contributed by atoms with Crippen LogP contribution in [-0.4, -0.2) is 0 Å². The summed E-state index contributed by atoms with van der Waals surface area (Å²) in [4.78, 5) is 0. The van der Waals surface area contributed by atoms with Gasteiger partial charge in [-0.25, -0.2) is 22.0 Å². The molecule has 0 aliphatic heterocycles. The molecule has 0 saturated carbocycles. The van der Waals surface area contributed by atoms with Crippen molar-refractivity contribution in [3.8, 4) is 0 Å². The maximum Gasteiger partial charge on any atom is 0.169 e. The third-order valence-electron chi connectivity index (χ3n) is 8.57. The molecule has 5 aromatic heterocycles. The van der Waals surface area contributed by atoms with E-state index in [0.29, 0.717) is 55.4 Å². The predicted octanol–water partition coefficient (Wildman–Crippen LogP) is 19.5. The Kier molecular flexibility index (Phi) is 25.8. The third-order valence-corrected chi connectivity index (χ3v) is 8.57. The fourth-order valence-corrected chi connectivity index (χ4v) is 5.65. The van der Waals surface area contributed by atoms with E-state index in [1.165, 1.54) is 43.3 Å². The van der Waals surface area contributed by atoms with E-state index in [9.17, 15) is 22.0 Å². The van der Waals surface area contributed by atoms with Gasteiger partial charge in [-0.3, -0.25) is 0 Å². The third kappa shape index (κ3) is 15.9. The zero-order valence-corrected chi connectivity index (χ0v) is 40.5. The molecule has 5 aromatic carbocycles. The molecule has 10 heteroatoms. The minimum atomic E-state index is -0.287. The lowest BCUT2D eigenvalue weighted by Gasteiger charge is -1.94. The number of rotatable bonds is 0. The Balaban J connectivity index is 0.000000387. The number of hydrogen-bond acceptors (Lipinski definition) is 5. The smallest absolute Gasteiger partial charge is 0.169 e. The Labute approximate surface area is 380 Å². The first-order valence-electron chi connectivity index (χ1n) is 22.0. The topological polar surface area (TPSA) is 65.7 Å². The van der Waals surface area contributed by atoms with Crippen molar-refractivity contribution in [2.75, 3.05) is 0 Å². The summed E-state index contributed by atoms with van der Waals surface area (Å²) in [6.07, 6.45) is 7.53. The molecule has 0 atom stereocenters. The molecule has 0 spiro atoms. The molecule has 0 aliphatic rings. The fraction of sp³-hybridized carbons (Fsp3) is 0.273. The Morgan fingerprint density at radius 1 is 0.308 bits per heavy atom. The molecule has 0 saturated heterocycles. The van der Waals surface area contributed by atoms with Gasteiger partial charge < -0.3 is 22.1 Å².